The van der Waals surface area contributed by atoms with Crippen molar-refractivity contribution in [3.63, 3.8) is 0 Å². The molecule has 2 aromatic carbocycles. The Hall–Kier alpha value is -3.72. The van der Waals surface area contributed by atoms with E-state index in [1.165, 1.54) is 6.07 Å². The lowest BCUT2D eigenvalue weighted by Crippen LogP contribution is -2.46. The molecule has 5 heterocycles. The molecule has 0 spiro atoms. The van der Waals surface area contributed by atoms with E-state index in [1.807, 2.05) is 17.0 Å². The SMILES string of the molecule is CC(C)[Si](C#Cc1c(F)ccc2cccc(-c3ncc4c(N5CCC[C@@](C)(O)C5)nc(OCC56CCCN5C[C@H](F)C6)nc4c3F)c12)(C(C)C)C(C)C. The van der Waals surface area contributed by atoms with Crippen LogP contribution in [0.5, 0.6) is 6.01 Å². The van der Waals surface area contributed by atoms with Crippen LogP contribution in [-0.4, -0.2) is 83.1 Å². The van der Waals surface area contributed by atoms with Crippen molar-refractivity contribution < 1.29 is 23.0 Å². The lowest BCUT2D eigenvalue weighted by Gasteiger charge is -2.38. The van der Waals surface area contributed by atoms with Gasteiger partial charge in [0, 0.05) is 43.2 Å². The van der Waals surface area contributed by atoms with Gasteiger partial charge in [0.1, 0.15) is 43.7 Å². The van der Waals surface area contributed by atoms with Crippen LogP contribution in [0.2, 0.25) is 16.6 Å². The monoisotopic (exact) mass is 743 g/mol. The van der Waals surface area contributed by atoms with Gasteiger partial charge in [-0.2, -0.15) is 9.97 Å². The van der Waals surface area contributed by atoms with Crippen LogP contribution in [0.3, 0.4) is 0 Å². The summed E-state index contributed by atoms with van der Waals surface area (Å²) in [6, 6.07) is 8.57. The summed E-state index contributed by atoms with van der Waals surface area (Å²) in [6.07, 6.45) is 4.14. The minimum Gasteiger partial charge on any atom is -0.461 e. The third-order valence-corrected chi connectivity index (χ3v) is 18.7. The van der Waals surface area contributed by atoms with E-state index in [0.29, 0.717) is 71.3 Å². The number of halogens is 3. The third kappa shape index (κ3) is 6.69. The number of pyridine rings is 1. The maximum absolute atomic E-state index is 17.2. The van der Waals surface area contributed by atoms with E-state index in [4.69, 9.17) is 9.72 Å². The molecule has 7 nitrogen and oxygen atoms in total. The molecule has 0 saturated carbocycles. The molecule has 2 aromatic heterocycles. The number of piperidine rings is 1. The zero-order valence-corrected chi connectivity index (χ0v) is 33.1. The van der Waals surface area contributed by atoms with Crippen molar-refractivity contribution in [2.45, 2.75) is 115 Å². The molecule has 3 fully saturated rings. The number of nitrogens with zero attached hydrogens (tertiary/aromatic N) is 5. The van der Waals surface area contributed by atoms with E-state index in [9.17, 15) is 9.50 Å². The predicted molar refractivity (Wildman–Crippen MR) is 209 cm³/mol. The highest BCUT2D eigenvalue weighted by Crippen LogP contribution is 2.43. The molecular formula is C42H52F3N5O2Si. The summed E-state index contributed by atoms with van der Waals surface area (Å²) in [4.78, 5) is 18.2. The fourth-order valence-electron chi connectivity index (χ4n) is 9.84. The van der Waals surface area contributed by atoms with Gasteiger partial charge in [-0.05, 0) is 67.2 Å². The summed E-state index contributed by atoms with van der Waals surface area (Å²) < 4.78 is 54.1. The molecule has 53 heavy (non-hydrogen) atoms. The lowest BCUT2D eigenvalue weighted by molar-refractivity contribution is 0.0447. The zero-order chi connectivity index (χ0) is 37.9. The topological polar surface area (TPSA) is 74.6 Å². The van der Waals surface area contributed by atoms with E-state index in [-0.39, 0.29) is 29.4 Å². The molecule has 0 amide bonds. The molecule has 3 saturated heterocycles. The average molecular weight is 744 g/mol. The fraction of sp³-hybridized carbons (Fsp3) is 0.548. The van der Waals surface area contributed by atoms with Crippen molar-refractivity contribution in [3.05, 3.63) is 53.7 Å². The summed E-state index contributed by atoms with van der Waals surface area (Å²) in [6.45, 7) is 17.4. The second-order valence-electron chi connectivity index (χ2n) is 16.9. The summed E-state index contributed by atoms with van der Waals surface area (Å²) >= 11 is 0. The fourth-order valence-corrected chi connectivity index (χ4v) is 15.0. The van der Waals surface area contributed by atoms with Gasteiger partial charge in [0.05, 0.1) is 22.1 Å². The quantitative estimate of drug-likeness (QED) is 0.143. The third-order valence-electron chi connectivity index (χ3n) is 12.4. The van der Waals surface area contributed by atoms with Crippen molar-refractivity contribution in [1.29, 1.82) is 0 Å². The standard InChI is InChI=1S/C42H52F3N5O2Si/c1-26(2)53(27(3)4,28(5)6)20-15-31-34(44)14-13-29-11-8-12-32(35(29)31)37-36(45)38-33(22-46-37)39(49-18-9-16-41(7,51)24-49)48-40(47-38)52-25-42-17-10-19-50(42)23-30(43)21-42/h8,11-14,22,26-28,30,51H,9-10,16-19,21,23-25H2,1-7H3/t30-,41-,42?/m1/s1. The highest BCUT2D eigenvalue weighted by molar-refractivity contribution is 6.90. The van der Waals surface area contributed by atoms with Crippen LogP contribution in [0.15, 0.2) is 36.5 Å². The Balaban J connectivity index is 1.39. The molecule has 4 aromatic rings. The Morgan fingerprint density at radius 3 is 2.45 bits per heavy atom. The van der Waals surface area contributed by atoms with Crippen molar-refractivity contribution in [3.8, 4) is 28.7 Å². The molecule has 3 aliphatic rings. The highest BCUT2D eigenvalue weighted by atomic mass is 28.3. The van der Waals surface area contributed by atoms with E-state index in [0.717, 1.165) is 31.2 Å². The molecule has 1 N–H and O–H groups in total. The second kappa shape index (κ2) is 14.2. The van der Waals surface area contributed by atoms with Gasteiger partial charge in [0.25, 0.3) is 0 Å². The first-order chi connectivity index (χ1) is 25.2. The first-order valence-electron chi connectivity index (χ1n) is 19.3. The number of hydrogen-bond acceptors (Lipinski definition) is 7. The van der Waals surface area contributed by atoms with Crippen molar-refractivity contribution in [1.82, 2.24) is 19.9 Å². The van der Waals surface area contributed by atoms with E-state index >= 15 is 8.78 Å². The minimum absolute atomic E-state index is 0.00910. The van der Waals surface area contributed by atoms with Crippen molar-refractivity contribution >= 4 is 35.6 Å². The molecule has 282 valence electrons. The molecular weight excluding hydrogens is 692 g/mol. The molecule has 0 bridgehead atoms. The smallest absolute Gasteiger partial charge is 0.319 e. The summed E-state index contributed by atoms with van der Waals surface area (Å²) in [5, 5.41) is 12.6. The minimum atomic E-state index is -2.23. The summed E-state index contributed by atoms with van der Waals surface area (Å²) in [5.41, 5.74) is 4.01. The Kier molecular flexibility index (Phi) is 10.0. The van der Waals surface area contributed by atoms with Gasteiger partial charge in [-0.25, -0.2) is 13.2 Å². The van der Waals surface area contributed by atoms with E-state index in [2.05, 4.69) is 67.9 Å². The van der Waals surface area contributed by atoms with Gasteiger partial charge in [0.2, 0.25) is 0 Å². The van der Waals surface area contributed by atoms with Crippen molar-refractivity contribution in [2.75, 3.05) is 37.7 Å². The normalized spacial score (nSPS) is 23.7. The van der Waals surface area contributed by atoms with Crippen LogP contribution < -0.4 is 9.64 Å². The number of aliphatic hydroxyl groups is 1. The van der Waals surface area contributed by atoms with Crippen LogP contribution in [0.4, 0.5) is 19.0 Å². The number of β-amino-alcohol motifs (C(OH)–C–C–N with tert-alkyl or cyclic N) is 1. The Bertz CT molecular complexity index is 2070. The van der Waals surface area contributed by atoms with Gasteiger partial charge in [-0.15, -0.1) is 5.54 Å². The lowest BCUT2D eigenvalue weighted by atomic mass is 9.94. The summed E-state index contributed by atoms with van der Waals surface area (Å²) in [7, 11) is -2.23. The maximum atomic E-state index is 17.2. The molecule has 3 aliphatic heterocycles. The van der Waals surface area contributed by atoms with Crippen LogP contribution in [-0.2, 0) is 0 Å². The molecule has 7 rings (SSSR count). The van der Waals surface area contributed by atoms with Crippen LogP contribution in [0.25, 0.3) is 32.9 Å². The van der Waals surface area contributed by atoms with Crippen LogP contribution in [0, 0.1) is 23.1 Å². The first-order valence-corrected chi connectivity index (χ1v) is 21.5. The number of benzene rings is 2. The Morgan fingerprint density at radius 2 is 1.74 bits per heavy atom. The number of alkyl halides is 1. The maximum Gasteiger partial charge on any atom is 0.319 e. The first kappa shape index (κ1) is 37.6. The zero-order valence-electron chi connectivity index (χ0n) is 32.1. The Morgan fingerprint density at radius 1 is 1.00 bits per heavy atom. The second-order valence-corrected chi connectivity index (χ2v) is 22.5. The van der Waals surface area contributed by atoms with Crippen molar-refractivity contribution in [2.24, 2.45) is 0 Å². The van der Waals surface area contributed by atoms with Gasteiger partial charge in [-0.1, -0.05) is 71.7 Å². The van der Waals surface area contributed by atoms with Crippen LogP contribution in [0.1, 0.15) is 86.1 Å². The average Bonchev–Trinajstić information content (AvgIpc) is 3.63. The van der Waals surface area contributed by atoms with Gasteiger partial charge in [-0.3, -0.25) is 9.88 Å². The number of aromatic nitrogens is 3. The number of hydrogen-bond donors (Lipinski definition) is 1. The molecule has 0 aliphatic carbocycles. The van der Waals surface area contributed by atoms with Gasteiger partial charge >= 0.3 is 6.01 Å². The number of rotatable bonds is 8. The number of fused-ring (bicyclic) bond motifs is 3. The van der Waals surface area contributed by atoms with Crippen LogP contribution >= 0.6 is 0 Å². The molecule has 11 heteroatoms. The largest absolute Gasteiger partial charge is 0.461 e. The summed E-state index contributed by atoms with van der Waals surface area (Å²) in [5.74, 6) is 2.60. The van der Waals surface area contributed by atoms with E-state index in [1.54, 1.807) is 25.3 Å². The highest BCUT2D eigenvalue weighted by Gasteiger charge is 2.49. The molecule has 1 unspecified atom stereocenters. The molecule has 3 atom stereocenters. The number of anilines is 1. The predicted octanol–water partition coefficient (Wildman–Crippen LogP) is 9.00. The Labute approximate surface area is 312 Å². The van der Waals surface area contributed by atoms with E-state index < -0.39 is 37.0 Å². The number of ether oxygens (including phenoxy) is 1. The van der Waals surface area contributed by atoms with Gasteiger partial charge in [0.15, 0.2) is 5.82 Å². The molecule has 0 radical (unpaired) electrons. The van der Waals surface area contributed by atoms with Gasteiger partial charge < -0.3 is 14.7 Å².